The number of nitrogens with zero attached hydrogens (tertiary/aromatic N) is 3. The molecule has 0 bridgehead atoms. The van der Waals surface area contributed by atoms with E-state index in [2.05, 4.69) is 119 Å². The van der Waals surface area contributed by atoms with Gasteiger partial charge in [0.2, 0.25) is 5.88 Å². The van der Waals surface area contributed by atoms with E-state index in [0.29, 0.717) is 22.7 Å². The molecule has 0 aliphatic heterocycles. The van der Waals surface area contributed by atoms with Crippen molar-refractivity contribution in [1.29, 1.82) is 0 Å². The molecule has 1 N–H and O–H groups in total. The molecule has 0 atom stereocenters. The van der Waals surface area contributed by atoms with Crippen LogP contribution in [0.3, 0.4) is 0 Å². The minimum Gasteiger partial charge on any atom is -0.505 e. The Labute approximate surface area is 319 Å². The zero-order valence-corrected chi connectivity index (χ0v) is 32.4. The second-order valence-electron chi connectivity index (χ2n) is 15.3. The van der Waals surface area contributed by atoms with Crippen molar-refractivity contribution in [2.45, 2.75) is 52.4 Å². The molecule has 0 saturated heterocycles. The van der Waals surface area contributed by atoms with Gasteiger partial charge in [0.1, 0.15) is 17.1 Å². The summed E-state index contributed by atoms with van der Waals surface area (Å²) >= 11 is 0. The second kappa shape index (κ2) is 13.4. The number of fused-ring (bicyclic) bond motifs is 4. The van der Waals surface area contributed by atoms with E-state index >= 15 is 0 Å². The number of aromatic nitrogens is 3. The van der Waals surface area contributed by atoms with Gasteiger partial charge in [-0.25, -0.2) is 9.97 Å². The van der Waals surface area contributed by atoms with Crippen LogP contribution in [0, 0.1) is 6.07 Å². The third kappa shape index (κ3) is 6.39. The SMILES string of the molecule is CC(C)(C)c1ccc(-c2cc(-c3ccccc3)c(O)c3nc(Oc4[c-]c5c(cc4)c4ccccc4n5-c4cc(C(C)(C)C)ccn4)ccc23)cc1.[Pt]. The van der Waals surface area contributed by atoms with E-state index in [-0.39, 0.29) is 37.6 Å². The number of ether oxygens (including phenoxy) is 1. The van der Waals surface area contributed by atoms with Gasteiger partial charge in [-0.2, -0.15) is 6.07 Å². The van der Waals surface area contributed by atoms with Gasteiger partial charge in [0.05, 0.1) is 0 Å². The fourth-order valence-corrected chi connectivity index (χ4v) is 6.83. The first-order chi connectivity index (χ1) is 24.5. The number of pyridine rings is 2. The molecule has 52 heavy (non-hydrogen) atoms. The van der Waals surface area contributed by atoms with E-state index in [4.69, 9.17) is 14.7 Å². The molecule has 0 amide bonds. The van der Waals surface area contributed by atoms with Gasteiger partial charge in [0.15, 0.2) is 0 Å². The van der Waals surface area contributed by atoms with Crippen LogP contribution in [-0.2, 0) is 31.9 Å². The molecule has 6 heteroatoms. The maximum atomic E-state index is 11.7. The predicted molar refractivity (Wildman–Crippen MR) is 209 cm³/mol. The van der Waals surface area contributed by atoms with Crippen molar-refractivity contribution >= 4 is 32.7 Å². The Balaban J connectivity index is 0.00000420. The molecule has 0 aliphatic rings. The molecular weight excluding hydrogens is 822 g/mol. The van der Waals surface area contributed by atoms with Gasteiger partial charge in [0.25, 0.3) is 0 Å². The number of hydrogen-bond donors (Lipinski definition) is 1. The Morgan fingerprint density at radius 1 is 0.635 bits per heavy atom. The van der Waals surface area contributed by atoms with Gasteiger partial charge in [-0.3, -0.25) is 0 Å². The Hall–Kier alpha value is -5.25. The smallest absolute Gasteiger partial charge is 0.217 e. The van der Waals surface area contributed by atoms with Crippen LogP contribution >= 0.6 is 0 Å². The molecule has 8 rings (SSSR count). The standard InChI is InChI=1S/C46H40N3O2.Pt/c1-45(2,3)31-18-16-30(17-19-31)37-28-38(29-12-8-7-9-13-29)44(50)43-36(37)22-23-42(48-43)51-33-20-21-35-34-14-10-11-15-39(34)49(40(35)27-33)41-26-32(24-25-47-41)46(4,5)6;/h7-26,28,50H,1-6H3;/q-1;. The summed E-state index contributed by atoms with van der Waals surface area (Å²) in [4.78, 5) is 9.73. The van der Waals surface area contributed by atoms with Crippen molar-refractivity contribution in [2.24, 2.45) is 0 Å². The summed E-state index contributed by atoms with van der Waals surface area (Å²) in [6.45, 7) is 13.3. The number of phenols is 1. The fourth-order valence-electron chi connectivity index (χ4n) is 6.83. The molecule has 0 spiro atoms. The van der Waals surface area contributed by atoms with Gasteiger partial charge >= 0.3 is 0 Å². The topological polar surface area (TPSA) is 60.2 Å². The maximum Gasteiger partial charge on any atom is 0.217 e. The fraction of sp³-hybridized carbons (Fsp3) is 0.174. The van der Waals surface area contributed by atoms with Crippen LogP contribution in [-0.4, -0.2) is 19.6 Å². The molecule has 3 aromatic heterocycles. The third-order valence-corrected chi connectivity index (χ3v) is 9.69. The molecular formula is C46H40N3O2Pt-. The van der Waals surface area contributed by atoms with Gasteiger partial charge < -0.3 is 14.4 Å². The monoisotopic (exact) mass is 861 g/mol. The molecule has 0 fully saturated rings. The van der Waals surface area contributed by atoms with Crippen LogP contribution in [0.1, 0.15) is 52.7 Å². The summed E-state index contributed by atoms with van der Waals surface area (Å²) in [5.41, 5.74) is 8.52. The summed E-state index contributed by atoms with van der Waals surface area (Å²) < 4.78 is 8.60. The summed E-state index contributed by atoms with van der Waals surface area (Å²) in [6.07, 6.45) is 1.87. The van der Waals surface area contributed by atoms with Crippen molar-refractivity contribution in [3.8, 4) is 45.5 Å². The van der Waals surface area contributed by atoms with Crippen molar-refractivity contribution in [3.63, 3.8) is 0 Å². The average Bonchev–Trinajstić information content (AvgIpc) is 3.45. The number of para-hydroxylation sites is 1. The van der Waals surface area contributed by atoms with E-state index in [1.165, 1.54) is 11.1 Å². The van der Waals surface area contributed by atoms with Crippen LogP contribution in [0.2, 0.25) is 0 Å². The first-order valence-electron chi connectivity index (χ1n) is 17.4. The minimum atomic E-state index is -0.0299. The maximum absolute atomic E-state index is 11.7. The second-order valence-corrected chi connectivity index (χ2v) is 15.3. The van der Waals surface area contributed by atoms with Crippen molar-refractivity contribution in [1.82, 2.24) is 14.5 Å². The Bertz CT molecular complexity index is 2580. The van der Waals surface area contributed by atoms with Crippen LogP contribution in [0.4, 0.5) is 0 Å². The summed E-state index contributed by atoms with van der Waals surface area (Å²) in [6, 6.07) is 44.6. The Morgan fingerprint density at radius 3 is 2.04 bits per heavy atom. The molecule has 3 heterocycles. The quantitative estimate of drug-likeness (QED) is 0.175. The zero-order valence-electron chi connectivity index (χ0n) is 30.1. The molecule has 0 unspecified atom stereocenters. The van der Waals surface area contributed by atoms with Gasteiger partial charge in [-0.05, 0) is 74.4 Å². The van der Waals surface area contributed by atoms with Crippen molar-refractivity contribution in [3.05, 3.63) is 145 Å². The van der Waals surface area contributed by atoms with Crippen LogP contribution in [0.5, 0.6) is 17.4 Å². The number of rotatable bonds is 5. The van der Waals surface area contributed by atoms with Crippen LogP contribution < -0.4 is 4.74 Å². The molecule has 0 aliphatic carbocycles. The molecule has 5 aromatic carbocycles. The largest absolute Gasteiger partial charge is 0.505 e. The third-order valence-electron chi connectivity index (χ3n) is 9.69. The van der Waals surface area contributed by atoms with Crippen molar-refractivity contribution < 1.29 is 30.9 Å². The summed E-state index contributed by atoms with van der Waals surface area (Å²) in [5.74, 6) is 1.82. The zero-order chi connectivity index (χ0) is 35.5. The Morgan fingerprint density at radius 2 is 1.31 bits per heavy atom. The molecule has 0 radical (unpaired) electrons. The van der Waals surface area contributed by atoms with Crippen molar-refractivity contribution in [2.75, 3.05) is 0 Å². The number of aromatic hydroxyl groups is 1. The van der Waals surface area contributed by atoms with Crippen LogP contribution in [0.15, 0.2) is 128 Å². The normalized spacial score (nSPS) is 12.0. The predicted octanol–water partition coefficient (Wildman–Crippen LogP) is 12.0. The van der Waals surface area contributed by atoms with E-state index in [0.717, 1.165) is 49.7 Å². The Kier molecular flexibility index (Phi) is 9.05. The van der Waals surface area contributed by atoms with Gasteiger partial charge in [-0.15, -0.1) is 17.5 Å². The minimum absolute atomic E-state index is 0. The van der Waals surface area contributed by atoms with Gasteiger partial charge in [0, 0.05) is 55.5 Å². The first-order valence-corrected chi connectivity index (χ1v) is 17.4. The molecule has 0 saturated carbocycles. The van der Waals surface area contributed by atoms with E-state index in [1.54, 1.807) is 0 Å². The molecule has 262 valence electrons. The van der Waals surface area contributed by atoms with E-state index in [9.17, 15) is 5.11 Å². The summed E-state index contributed by atoms with van der Waals surface area (Å²) in [7, 11) is 0. The number of phenolic OH excluding ortho intramolecular Hbond substituents is 1. The van der Waals surface area contributed by atoms with Gasteiger partial charge in [-0.1, -0.05) is 120 Å². The molecule has 8 aromatic rings. The number of benzene rings is 5. The molecule has 5 nitrogen and oxygen atoms in total. The van der Waals surface area contributed by atoms with E-state index < -0.39 is 0 Å². The number of hydrogen-bond acceptors (Lipinski definition) is 4. The summed E-state index contributed by atoms with van der Waals surface area (Å²) in [5, 5.41) is 14.8. The van der Waals surface area contributed by atoms with Crippen LogP contribution in [0.25, 0.3) is 60.8 Å². The first kappa shape index (κ1) is 35.2. The average molecular weight is 862 g/mol. The van der Waals surface area contributed by atoms with E-state index in [1.807, 2.05) is 60.8 Å².